The lowest BCUT2D eigenvalue weighted by molar-refractivity contribution is -0.117. The van der Waals surface area contributed by atoms with Crippen molar-refractivity contribution < 1.29 is 18.0 Å². The number of nitrogens with zero attached hydrogens (tertiary/aromatic N) is 1. The number of anilines is 2. The predicted octanol–water partition coefficient (Wildman–Crippen LogP) is 4.05. The molecule has 0 saturated heterocycles. The Morgan fingerprint density at radius 2 is 1.65 bits per heavy atom. The number of halogens is 1. The van der Waals surface area contributed by atoms with Gasteiger partial charge in [0.2, 0.25) is 15.9 Å². The van der Waals surface area contributed by atoms with Gasteiger partial charge in [-0.05, 0) is 63.6 Å². The number of rotatable bonds is 7. The first-order valence-electron chi connectivity index (χ1n) is 9.81. The fraction of sp³-hybridized carbons (Fsp3) is 0.364. The standard InChI is InChI=1S/C22H28ClN3O4S/c1-6-19(26(31(5,29)30)16-13-11-15(23)12-14-16)21(28)24-18-10-8-7-9-17(18)20(27)25-22(2,3)4/h7-14,19H,6H2,1-5H3,(H,24,28)(H,25,27)/t19-/m0/s1. The molecule has 0 heterocycles. The van der Waals surface area contributed by atoms with Gasteiger partial charge in [-0.25, -0.2) is 8.42 Å². The molecule has 0 aliphatic heterocycles. The molecule has 2 aromatic carbocycles. The number of sulfonamides is 1. The Bertz CT molecular complexity index is 1050. The first-order valence-corrected chi connectivity index (χ1v) is 12.0. The van der Waals surface area contributed by atoms with Gasteiger partial charge in [0.25, 0.3) is 5.91 Å². The molecule has 1 atom stereocenters. The van der Waals surface area contributed by atoms with Crippen molar-refractivity contribution in [1.29, 1.82) is 0 Å². The topological polar surface area (TPSA) is 95.6 Å². The second-order valence-electron chi connectivity index (χ2n) is 8.20. The van der Waals surface area contributed by atoms with Gasteiger partial charge >= 0.3 is 0 Å². The SMILES string of the molecule is CC[C@@H](C(=O)Nc1ccccc1C(=O)NC(C)(C)C)N(c1ccc(Cl)cc1)S(C)(=O)=O. The van der Waals surface area contributed by atoms with E-state index in [1.165, 1.54) is 0 Å². The van der Waals surface area contributed by atoms with Crippen LogP contribution >= 0.6 is 11.6 Å². The number of carbonyl (C=O) groups is 2. The van der Waals surface area contributed by atoms with Crippen LogP contribution in [0.5, 0.6) is 0 Å². The summed E-state index contributed by atoms with van der Waals surface area (Å²) in [4.78, 5) is 25.8. The molecular weight excluding hydrogens is 438 g/mol. The smallest absolute Gasteiger partial charge is 0.253 e. The van der Waals surface area contributed by atoms with Crippen LogP contribution in [-0.2, 0) is 14.8 Å². The van der Waals surface area contributed by atoms with Crippen molar-refractivity contribution >= 4 is 44.8 Å². The summed E-state index contributed by atoms with van der Waals surface area (Å²) in [6.45, 7) is 7.29. The van der Waals surface area contributed by atoms with E-state index in [0.717, 1.165) is 10.6 Å². The van der Waals surface area contributed by atoms with Gasteiger partial charge in [0.1, 0.15) is 6.04 Å². The van der Waals surface area contributed by atoms with E-state index in [1.807, 2.05) is 20.8 Å². The molecule has 0 aromatic heterocycles. The number of hydrogen-bond donors (Lipinski definition) is 2. The van der Waals surface area contributed by atoms with Crippen molar-refractivity contribution in [2.45, 2.75) is 45.7 Å². The van der Waals surface area contributed by atoms with E-state index < -0.39 is 27.5 Å². The summed E-state index contributed by atoms with van der Waals surface area (Å²) in [5.74, 6) is -0.881. The molecule has 9 heteroatoms. The fourth-order valence-corrected chi connectivity index (χ4v) is 4.40. The number of hydrogen-bond acceptors (Lipinski definition) is 4. The summed E-state index contributed by atoms with van der Waals surface area (Å²) in [5.41, 5.74) is 0.463. The lowest BCUT2D eigenvalue weighted by atomic mass is 10.1. The van der Waals surface area contributed by atoms with Crippen molar-refractivity contribution in [3.05, 3.63) is 59.1 Å². The largest absolute Gasteiger partial charge is 0.347 e. The maximum absolute atomic E-state index is 13.2. The maximum atomic E-state index is 13.2. The number of amides is 2. The third-order valence-electron chi connectivity index (χ3n) is 4.33. The van der Waals surface area contributed by atoms with Crippen molar-refractivity contribution in [3.63, 3.8) is 0 Å². The van der Waals surface area contributed by atoms with Crippen molar-refractivity contribution in [1.82, 2.24) is 5.32 Å². The van der Waals surface area contributed by atoms with Crippen LogP contribution in [0.15, 0.2) is 48.5 Å². The molecule has 0 aliphatic rings. The second kappa shape index (κ2) is 9.70. The zero-order valence-electron chi connectivity index (χ0n) is 18.3. The van der Waals surface area contributed by atoms with Gasteiger partial charge in [-0.3, -0.25) is 13.9 Å². The van der Waals surface area contributed by atoms with Crippen molar-refractivity contribution in [2.24, 2.45) is 0 Å². The van der Waals surface area contributed by atoms with E-state index in [1.54, 1.807) is 55.5 Å². The highest BCUT2D eigenvalue weighted by atomic mass is 35.5. The first-order chi connectivity index (χ1) is 14.3. The predicted molar refractivity (Wildman–Crippen MR) is 125 cm³/mol. The Kier molecular flexibility index (Phi) is 7.72. The molecule has 2 rings (SSSR count). The van der Waals surface area contributed by atoms with Gasteiger partial charge < -0.3 is 10.6 Å². The molecule has 0 bridgehead atoms. The third kappa shape index (κ3) is 6.70. The number of para-hydroxylation sites is 1. The average Bonchev–Trinajstić information content (AvgIpc) is 2.65. The van der Waals surface area contributed by atoms with Crippen LogP contribution in [0.4, 0.5) is 11.4 Å². The van der Waals surface area contributed by atoms with E-state index >= 15 is 0 Å². The van der Waals surface area contributed by atoms with Crippen LogP contribution in [0.3, 0.4) is 0 Å². The van der Waals surface area contributed by atoms with Gasteiger partial charge in [-0.15, -0.1) is 0 Å². The van der Waals surface area contributed by atoms with Crippen LogP contribution in [0.1, 0.15) is 44.5 Å². The lowest BCUT2D eigenvalue weighted by Crippen LogP contribution is -2.47. The van der Waals surface area contributed by atoms with E-state index in [2.05, 4.69) is 10.6 Å². The van der Waals surface area contributed by atoms with Crippen LogP contribution in [0, 0.1) is 0 Å². The quantitative estimate of drug-likeness (QED) is 0.644. The molecule has 2 N–H and O–H groups in total. The van der Waals surface area contributed by atoms with Crippen molar-refractivity contribution in [3.8, 4) is 0 Å². The molecular formula is C22H28ClN3O4S. The van der Waals surface area contributed by atoms with Gasteiger partial charge in [0.15, 0.2) is 0 Å². The Morgan fingerprint density at radius 1 is 1.06 bits per heavy atom. The zero-order valence-corrected chi connectivity index (χ0v) is 19.8. The molecule has 0 spiro atoms. The van der Waals surface area contributed by atoms with Gasteiger partial charge in [-0.2, -0.15) is 0 Å². The highest BCUT2D eigenvalue weighted by Gasteiger charge is 2.32. The van der Waals surface area contributed by atoms with Crippen LogP contribution in [-0.4, -0.2) is 38.1 Å². The minimum absolute atomic E-state index is 0.220. The van der Waals surface area contributed by atoms with Crippen molar-refractivity contribution in [2.75, 3.05) is 15.9 Å². The second-order valence-corrected chi connectivity index (χ2v) is 10.5. The molecule has 0 aliphatic carbocycles. The summed E-state index contributed by atoms with van der Waals surface area (Å²) in [7, 11) is -3.78. The number of nitrogens with one attached hydrogen (secondary N) is 2. The summed E-state index contributed by atoms with van der Waals surface area (Å²) < 4.78 is 26.2. The molecule has 31 heavy (non-hydrogen) atoms. The fourth-order valence-electron chi connectivity index (χ4n) is 3.06. The third-order valence-corrected chi connectivity index (χ3v) is 5.76. The van der Waals surface area contributed by atoms with Gasteiger partial charge in [0, 0.05) is 10.6 Å². The van der Waals surface area contributed by atoms with E-state index in [4.69, 9.17) is 11.6 Å². The van der Waals surface area contributed by atoms with Crippen LogP contribution in [0.2, 0.25) is 5.02 Å². The number of carbonyl (C=O) groups excluding carboxylic acids is 2. The molecule has 0 fully saturated rings. The first kappa shape index (κ1) is 24.7. The molecule has 0 saturated carbocycles. The highest BCUT2D eigenvalue weighted by Crippen LogP contribution is 2.25. The van der Waals surface area contributed by atoms with Gasteiger partial charge in [-0.1, -0.05) is 30.7 Å². The van der Waals surface area contributed by atoms with E-state index in [9.17, 15) is 18.0 Å². The summed E-state index contributed by atoms with van der Waals surface area (Å²) in [6, 6.07) is 11.8. The Balaban J connectivity index is 2.38. The van der Waals surface area contributed by atoms with Crippen LogP contribution < -0.4 is 14.9 Å². The molecule has 2 aromatic rings. The summed E-state index contributed by atoms with van der Waals surface area (Å²) in [6.07, 6.45) is 1.26. The van der Waals surface area contributed by atoms with E-state index in [0.29, 0.717) is 16.4 Å². The minimum Gasteiger partial charge on any atom is -0.347 e. The molecule has 168 valence electrons. The minimum atomic E-state index is -3.78. The molecule has 0 unspecified atom stereocenters. The molecule has 0 radical (unpaired) electrons. The molecule has 7 nitrogen and oxygen atoms in total. The Labute approximate surface area is 188 Å². The maximum Gasteiger partial charge on any atom is 0.253 e. The Morgan fingerprint density at radius 3 is 2.16 bits per heavy atom. The summed E-state index contributed by atoms with van der Waals surface area (Å²) >= 11 is 5.92. The molecule has 2 amide bonds. The average molecular weight is 466 g/mol. The van der Waals surface area contributed by atoms with Crippen LogP contribution in [0.25, 0.3) is 0 Å². The van der Waals surface area contributed by atoms with E-state index in [-0.39, 0.29) is 17.9 Å². The lowest BCUT2D eigenvalue weighted by Gasteiger charge is -2.30. The number of benzene rings is 2. The highest BCUT2D eigenvalue weighted by molar-refractivity contribution is 7.92. The monoisotopic (exact) mass is 465 g/mol. The zero-order chi connectivity index (χ0) is 23.4. The summed E-state index contributed by atoms with van der Waals surface area (Å²) in [5, 5.41) is 6.04. The normalized spacial score (nSPS) is 12.7. The Hall–Kier alpha value is -2.58. The van der Waals surface area contributed by atoms with Gasteiger partial charge in [0.05, 0.1) is 23.2 Å².